The van der Waals surface area contributed by atoms with E-state index in [0.717, 1.165) is 23.7 Å². The van der Waals surface area contributed by atoms with E-state index in [1.807, 2.05) is 6.07 Å². The molecule has 0 fully saturated rings. The molecule has 0 unspecified atom stereocenters. The summed E-state index contributed by atoms with van der Waals surface area (Å²) >= 11 is 0. The molecule has 34 heavy (non-hydrogen) atoms. The monoisotopic (exact) mass is 465 g/mol. The fourth-order valence-electron chi connectivity index (χ4n) is 3.37. The zero-order valence-corrected chi connectivity index (χ0v) is 17.8. The number of rotatable bonds is 4. The Kier molecular flexibility index (Phi) is 5.89. The summed E-state index contributed by atoms with van der Waals surface area (Å²) in [5.41, 5.74) is 6.58. The van der Waals surface area contributed by atoms with E-state index in [4.69, 9.17) is 5.73 Å². The highest BCUT2D eigenvalue weighted by Crippen LogP contribution is 2.30. The lowest BCUT2D eigenvalue weighted by Crippen LogP contribution is -2.17. The SMILES string of the molecule is Cc1c(N)cc(C(=O)Nc2cc(C(F)(F)F)ccn2)cc1NC(=O)c1cccc2cnccc12. The predicted molar refractivity (Wildman–Crippen MR) is 122 cm³/mol. The number of carbonyl (C=O) groups is 2. The quantitative estimate of drug-likeness (QED) is 0.366. The normalized spacial score (nSPS) is 11.3. The van der Waals surface area contributed by atoms with Crippen molar-refractivity contribution in [3.63, 3.8) is 0 Å². The molecule has 7 nitrogen and oxygen atoms in total. The minimum atomic E-state index is -4.58. The molecule has 4 aromatic rings. The molecule has 4 N–H and O–H groups in total. The molecule has 0 bridgehead atoms. The van der Waals surface area contributed by atoms with Gasteiger partial charge in [0.2, 0.25) is 0 Å². The summed E-state index contributed by atoms with van der Waals surface area (Å²) in [6.45, 7) is 1.67. The van der Waals surface area contributed by atoms with Crippen LogP contribution in [-0.4, -0.2) is 21.8 Å². The fourth-order valence-corrected chi connectivity index (χ4v) is 3.37. The van der Waals surface area contributed by atoms with Gasteiger partial charge in [0.25, 0.3) is 11.8 Å². The number of halogens is 3. The van der Waals surface area contributed by atoms with Gasteiger partial charge >= 0.3 is 6.18 Å². The standard InChI is InChI=1S/C24H18F3N5O2/c1-13-19(28)9-15(22(33)32-21-11-16(5-8-30-21)24(25,26)27)10-20(13)31-23(34)18-4-2-3-14-12-29-7-6-17(14)18/h2-12H,28H2,1H3,(H,31,34)(H,30,32,33). The average Bonchev–Trinajstić information content (AvgIpc) is 2.81. The van der Waals surface area contributed by atoms with Crippen molar-refractivity contribution in [3.8, 4) is 0 Å². The third-order valence-corrected chi connectivity index (χ3v) is 5.21. The molecule has 0 spiro atoms. The summed E-state index contributed by atoms with van der Waals surface area (Å²) in [4.78, 5) is 33.5. The van der Waals surface area contributed by atoms with E-state index in [9.17, 15) is 22.8 Å². The second kappa shape index (κ2) is 8.81. The number of nitrogens with zero attached hydrogens (tertiary/aromatic N) is 2. The van der Waals surface area contributed by atoms with Crippen molar-refractivity contribution in [2.45, 2.75) is 13.1 Å². The number of hydrogen-bond donors (Lipinski definition) is 3. The van der Waals surface area contributed by atoms with Crippen molar-refractivity contribution in [2.75, 3.05) is 16.4 Å². The summed E-state index contributed by atoms with van der Waals surface area (Å²) in [5.74, 6) is -1.42. The molecule has 0 saturated heterocycles. The van der Waals surface area contributed by atoms with Gasteiger partial charge in [-0.05, 0) is 54.3 Å². The van der Waals surface area contributed by atoms with E-state index in [1.54, 1.807) is 37.5 Å². The zero-order chi connectivity index (χ0) is 24.5. The molecule has 0 aliphatic rings. The summed E-state index contributed by atoms with van der Waals surface area (Å²) < 4.78 is 38.8. The number of fused-ring (bicyclic) bond motifs is 1. The molecule has 172 valence electrons. The van der Waals surface area contributed by atoms with Gasteiger partial charge in [0, 0.05) is 46.5 Å². The predicted octanol–water partition coefficient (Wildman–Crippen LogP) is 5.04. The van der Waals surface area contributed by atoms with Gasteiger partial charge < -0.3 is 16.4 Å². The minimum absolute atomic E-state index is 0.0414. The van der Waals surface area contributed by atoms with Crippen LogP contribution in [0, 0.1) is 6.92 Å². The van der Waals surface area contributed by atoms with Crippen molar-refractivity contribution in [2.24, 2.45) is 0 Å². The van der Waals surface area contributed by atoms with E-state index in [2.05, 4.69) is 20.6 Å². The number of carbonyl (C=O) groups excluding carboxylic acids is 2. The maximum absolute atomic E-state index is 13.0. The van der Waals surface area contributed by atoms with Crippen LogP contribution in [0.3, 0.4) is 0 Å². The Labute approximate surface area is 191 Å². The van der Waals surface area contributed by atoms with Crippen molar-refractivity contribution in [1.29, 1.82) is 0 Å². The highest BCUT2D eigenvalue weighted by molar-refractivity contribution is 6.14. The number of anilines is 3. The molecule has 10 heteroatoms. The Hall–Kier alpha value is -4.47. The minimum Gasteiger partial charge on any atom is -0.398 e. The van der Waals surface area contributed by atoms with Crippen LogP contribution in [0.4, 0.5) is 30.4 Å². The molecule has 2 aromatic heterocycles. The van der Waals surface area contributed by atoms with Gasteiger partial charge in [0.15, 0.2) is 0 Å². The van der Waals surface area contributed by atoms with Crippen LogP contribution in [-0.2, 0) is 6.18 Å². The molecule has 0 atom stereocenters. The second-order valence-corrected chi connectivity index (χ2v) is 7.48. The van der Waals surface area contributed by atoms with Crippen LogP contribution in [0.1, 0.15) is 31.8 Å². The molecule has 2 heterocycles. The van der Waals surface area contributed by atoms with Crippen LogP contribution in [0.5, 0.6) is 0 Å². The van der Waals surface area contributed by atoms with Gasteiger partial charge in [-0.15, -0.1) is 0 Å². The van der Waals surface area contributed by atoms with Crippen molar-refractivity contribution >= 4 is 39.8 Å². The Morgan fingerprint density at radius 1 is 0.971 bits per heavy atom. The lowest BCUT2D eigenvalue weighted by molar-refractivity contribution is -0.137. The number of nitrogens with one attached hydrogen (secondary N) is 2. The van der Waals surface area contributed by atoms with Crippen molar-refractivity contribution < 1.29 is 22.8 Å². The molecular formula is C24H18F3N5O2. The summed E-state index contributed by atoms with van der Waals surface area (Å²) in [6, 6.07) is 11.2. The van der Waals surface area contributed by atoms with E-state index in [0.29, 0.717) is 22.2 Å². The molecule has 2 amide bonds. The zero-order valence-electron chi connectivity index (χ0n) is 17.8. The maximum Gasteiger partial charge on any atom is 0.416 e. The first-order valence-electron chi connectivity index (χ1n) is 10.0. The highest BCUT2D eigenvalue weighted by Gasteiger charge is 2.31. The Morgan fingerprint density at radius 3 is 2.53 bits per heavy atom. The lowest BCUT2D eigenvalue weighted by atomic mass is 10.0. The summed E-state index contributed by atoms with van der Waals surface area (Å²) in [7, 11) is 0. The molecule has 0 saturated carbocycles. The van der Waals surface area contributed by atoms with Gasteiger partial charge in [-0.1, -0.05) is 12.1 Å². The van der Waals surface area contributed by atoms with Crippen LogP contribution in [0.15, 0.2) is 67.1 Å². The topological polar surface area (TPSA) is 110 Å². The number of alkyl halides is 3. The Bertz CT molecular complexity index is 1410. The number of aromatic nitrogens is 2. The van der Waals surface area contributed by atoms with E-state index >= 15 is 0 Å². The Balaban J connectivity index is 1.61. The summed E-state index contributed by atoms with van der Waals surface area (Å²) in [6.07, 6.45) is -0.406. The van der Waals surface area contributed by atoms with E-state index in [1.165, 1.54) is 12.1 Å². The molecule has 4 rings (SSSR count). The van der Waals surface area contributed by atoms with Crippen LogP contribution in [0.25, 0.3) is 10.8 Å². The number of nitrogen functional groups attached to an aromatic ring is 1. The molecular weight excluding hydrogens is 447 g/mol. The first kappa shape index (κ1) is 22.7. The average molecular weight is 465 g/mol. The molecule has 0 aliphatic carbocycles. The third kappa shape index (κ3) is 4.65. The number of amides is 2. The van der Waals surface area contributed by atoms with Crippen LogP contribution >= 0.6 is 0 Å². The van der Waals surface area contributed by atoms with E-state index < -0.39 is 23.6 Å². The number of hydrogen-bond acceptors (Lipinski definition) is 5. The van der Waals surface area contributed by atoms with Crippen molar-refractivity contribution in [3.05, 3.63) is 89.4 Å². The van der Waals surface area contributed by atoms with Crippen molar-refractivity contribution in [1.82, 2.24) is 9.97 Å². The third-order valence-electron chi connectivity index (χ3n) is 5.21. The van der Waals surface area contributed by atoms with Gasteiger partial charge in [0.1, 0.15) is 5.82 Å². The van der Waals surface area contributed by atoms with Gasteiger partial charge in [-0.25, -0.2) is 4.98 Å². The second-order valence-electron chi connectivity index (χ2n) is 7.48. The highest BCUT2D eigenvalue weighted by atomic mass is 19.4. The molecule has 0 aliphatic heterocycles. The fraction of sp³-hybridized carbons (Fsp3) is 0.0833. The lowest BCUT2D eigenvalue weighted by Gasteiger charge is -2.14. The Morgan fingerprint density at radius 2 is 1.76 bits per heavy atom. The van der Waals surface area contributed by atoms with Gasteiger partial charge in [0.05, 0.1) is 5.56 Å². The van der Waals surface area contributed by atoms with E-state index in [-0.39, 0.29) is 17.1 Å². The number of benzene rings is 2. The van der Waals surface area contributed by atoms with Crippen LogP contribution in [0.2, 0.25) is 0 Å². The van der Waals surface area contributed by atoms with Crippen LogP contribution < -0.4 is 16.4 Å². The maximum atomic E-state index is 13.0. The molecule has 0 radical (unpaired) electrons. The smallest absolute Gasteiger partial charge is 0.398 e. The largest absolute Gasteiger partial charge is 0.416 e. The van der Waals surface area contributed by atoms with Gasteiger partial charge in [-0.3, -0.25) is 14.6 Å². The first-order chi connectivity index (χ1) is 16.1. The molecule has 2 aromatic carbocycles. The first-order valence-corrected chi connectivity index (χ1v) is 10.0. The number of nitrogens with two attached hydrogens (primary N) is 1. The number of pyridine rings is 2. The summed E-state index contributed by atoms with van der Waals surface area (Å²) in [5, 5.41) is 6.58. The van der Waals surface area contributed by atoms with Gasteiger partial charge in [-0.2, -0.15) is 13.2 Å².